The van der Waals surface area contributed by atoms with Gasteiger partial charge in [0.05, 0.1) is 28.7 Å². The lowest BCUT2D eigenvalue weighted by atomic mass is 9.85. The highest BCUT2D eigenvalue weighted by atomic mass is 16.4. The molecule has 1 aromatic carbocycles. The zero-order valence-corrected chi connectivity index (χ0v) is 12.4. The first-order valence-electron chi connectivity index (χ1n) is 7.56. The van der Waals surface area contributed by atoms with Gasteiger partial charge in [0.1, 0.15) is 0 Å². The standard InChI is InChI=1S/C17H13NO6/c19-14-12-7-1-2-8(3-7)13(12)15(20)18(14)11-5-9(16(21)22)4-10(6-11)17(23)24/h1-2,4-8,12-13H,3H2,(H,21,22)(H,23,24)/t7-,8-,12+,13+/m1/s1. The second-order valence-corrected chi connectivity index (χ2v) is 6.39. The van der Waals surface area contributed by atoms with Crippen molar-refractivity contribution in [1.29, 1.82) is 0 Å². The molecule has 4 atom stereocenters. The van der Waals surface area contributed by atoms with Crippen molar-refractivity contribution in [2.75, 3.05) is 4.90 Å². The topological polar surface area (TPSA) is 112 Å². The van der Waals surface area contributed by atoms with Gasteiger partial charge in [-0.2, -0.15) is 0 Å². The Hall–Kier alpha value is -2.96. The molecule has 2 aliphatic carbocycles. The number of carbonyl (C=O) groups is 4. The van der Waals surface area contributed by atoms with Crippen molar-refractivity contribution in [3.05, 3.63) is 41.5 Å². The number of carboxylic acid groups (broad SMARTS) is 2. The van der Waals surface area contributed by atoms with Crippen LogP contribution in [-0.4, -0.2) is 34.0 Å². The van der Waals surface area contributed by atoms with Gasteiger partial charge in [-0.1, -0.05) is 12.2 Å². The highest BCUT2D eigenvalue weighted by Gasteiger charge is 2.59. The minimum absolute atomic E-state index is 0.0103. The number of carbonyl (C=O) groups excluding carboxylic acids is 2. The Morgan fingerprint density at radius 3 is 1.75 bits per heavy atom. The number of aromatic carboxylic acids is 2. The highest BCUT2D eigenvalue weighted by Crippen LogP contribution is 2.53. The van der Waals surface area contributed by atoms with Gasteiger partial charge in [-0.3, -0.25) is 9.59 Å². The first-order valence-corrected chi connectivity index (χ1v) is 7.56. The van der Waals surface area contributed by atoms with E-state index in [1.54, 1.807) is 0 Å². The van der Waals surface area contributed by atoms with E-state index in [4.69, 9.17) is 10.2 Å². The predicted molar refractivity (Wildman–Crippen MR) is 80.6 cm³/mol. The Labute approximate surface area is 136 Å². The number of fused-ring (bicyclic) bond motifs is 5. The lowest BCUT2D eigenvalue weighted by Gasteiger charge is -2.18. The number of hydrogen-bond acceptors (Lipinski definition) is 4. The number of anilines is 1. The van der Waals surface area contributed by atoms with Gasteiger partial charge in [-0.25, -0.2) is 14.5 Å². The highest BCUT2D eigenvalue weighted by molar-refractivity contribution is 6.23. The van der Waals surface area contributed by atoms with Crippen LogP contribution in [0.15, 0.2) is 30.4 Å². The summed E-state index contributed by atoms with van der Waals surface area (Å²) in [6, 6.07) is 3.34. The minimum atomic E-state index is -1.32. The normalized spacial score (nSPS) is 30.1. The molecule has 2 N–H and O–H groups in total. The van der Waals surface area contributed by atoms with Gasteiger partial charge in [-0.05, 0) is 36.5 Å². The third-order valence-electron chi connectivity index (χ3n) is 5.14. The molecule has 1 aromatic rings. The molecule has 2 fully saturated rings. The van der Waals surface area contributed by atoms with Crippen molar-refractivity contribution in [2.45, 2.75) is 6.42 Å². The minimum Gasteiger partial charge on any atom is -0.478 e. The van der Waals surface area contributed by atoms with E-state index < -0.39 is 23.8 Å². The van der Waals surface area contributed by atoms with E-state index in [0.717, 1.165) is 17.4 Å². The fourth-order valence-electron chi connectivity index (χ4n) is 4.14. The number of hydrogen-bond donors (Lipinski definition) is 2. The van der Waals surface area contributed by atoms with Crippen molar-refractivity contribution in [3.8, 4) is 0 Å². The van der Waals surface area contributed by atoms with Crippen LogP contribution in [0.1, 0.15) is 27.1 Å². The Kier molecular flexibility index (Phi) is 2.90. The van der Waals surface area contributed by atoms with Gasteiger partial charge in [0.25, 0.3) is 0 Å². The van der Waals surface area contributed by atoms with Crippen LogP contribution in [0.5, 0.6) is 0 Å². The third kappa shape index (κ3) is 1.84. The average molecular weight is 327 g/mol. The maximum Gasteiger partial charge on any atom is 0.335 e. The summed E-state index contributed by atoms with van der Waals surface area (Å²) in [6.07, 6.45) is 4.70. The Bertz CT molecular complexity index is 779. The van der Waals surface area contributed by atoms with Gasteiger partial charge in [0.2, 0.25) is 11.8 Å². The lowest BCUT2D eigenvalue weighted by molar-refractivity contribution is -0.123. The first kappa shape index (κ1) is 14.6. The van der Waals surface area contributed by atoms with Crippen molar-refractivity contribution < 1.29 is 29.4 Å². The number of nitrogens with zero attached hydrogens (tertiary/aromatic N) is 1. The molecule has 2 bridgehead atoms. The van der Waals surface area contributed by atoms with Crippen LogP contribution < -0.4 is 4.90 Å². The van der Waals surface area contributed by atoms with Crippen LogP contribution in [0.2, 0.25) is 0 Å². The number of benzene rings is 1. The fourth-order valence-corrected chi connectivity index (χ4v) is 4.14. The summed E-state index contributed by atoms with van der Waals surface area (Å²) >= 11 is 0. The second kappa shape index (κ2) is 4.77. The summed E-state index contributed by atoms with van der Waals surface area (Å²) in [4.78, 5) is 48.9. The molecule has 0 aromatic heterocycles. The summed E-state index contributed by atoms with van der Waals surface area (Å²) < 4.78 is 0. The molecule has 122 valence electrons. The molecule has 3 aliphatic rings. The lowest BCUT2D eigenvalue weighted by Crippen LogP contribution is -2.33. The number of imide groups is 1. The molecule has 1 heterocycles. The largest absolute Gasteiger partial charge is 0.478 e. The number of rotatable bonds is 3. The maximum atomic E-state index is 12.7. The summed E-state index contributed by atoms with van der Waals surface area (Å²) in [7, 11) is 0. The van der Waals surface area contributed by atoms with E-state index in [-0.39, 0.29) is 40.5 Å². The van der Waals surface area contributed by atoms with Gasteiger partial charge >= 0.3 is 11.9 Å². The summed E-state index contributed by atoms with van der Waals surface area (Å²) in [5, 5.41) is 18.3. The third-order valence-corrected chi connectivity index (χ3v) is 5.14. The predicted octanol–water partition coefficient (Wildman–Crippen LogP) is 1.39. The van der Waals surface area contributed by atoms with Crippen LogP contribution in [0, 0.1) is 23.7 Å². The molecular weight excluding hydrogens is 314 g/mol. The van der Waals surface area contributed by atoms with E-state index in [1.807, 2.05) is 12.2 Å². The van der Waals surface area contributed by atoms with E-state index in [1.165, 1.54) is 12.1 Å². The van der Waals surface area contributed by atoms with Crippen LogP contribution in [0.25, 0.3) is 0 Å². The molecule has 1 aliphatic heterocycles. The smallest absolute Gasteiger partial charge is 0.335 e. The molecule has 0 radical (unpaired) electrons. The summed E-state index contributed by atoms with van der Waals surface area (Å²) in [6.45, 7) is 0. The fraction of sp³-hybridized carbons (Fsp3) is 0.294. The zero-order chi connectivity index (χ0) is 17.2. The van der Waals surface area contributed by atoms with Crippen LogP contribution in [0.3, 0.4) is 0 Å². The Morgan fingerprint density at radius 1 is 0.875 bits per heavy atom. The first-order chi connectivity index (χ1) is 11.4. The molecule has 7 heteroatoms. The quantitative estimate of drug-likeness (QED) is 0.641. The molecule has 24 heavy (non-hydrogen) atoms. The average Bonchev–Trinajstić information content (AvgIpc) is 3.21. The van der Waals surface area contributed by atoms with Gasteiger partial charge < -0.3 is 10.2 Å². The second-order valence-electron chi connectivity index (χ2n) is 6.39. The molecule has 4 rings (SSSR count). The molecule has 0 unspecified atom stereocenters. The zero-order valence-electron chi connectivity index (χ0n) is 12.4. The van der Waals surface area contributed by atoms with Crippen molar-refractivity contribution >= 4 is 29.4 Å². The number of carboxylic acids is 2. The molecule has 7 nitrogen and oxygen atoms in total. The summed E-state index contributed by atoms with van der Waals surface area (Å²) in [5.74, 6) is -4.17. The molecular formula is C17H13NO6. The number of amides is 2. The molecule has 2 amide bonds. The molecule has 0 spiro atoms. The Morgan fingerprint density at radius 2 is 1.33 bits per heavy atom. The monoisotopic (exact) mass is 327 g/mol. The van der Waals surface area contributed by atoms with Gasteiger partial charge in [0, 0.05) is 0 Å². The molecule has 1 saturated heterocycles. The van der Waals surface area contributed by atoms with E-state index in [2.05, 4.69) is 0 Å². The van der Waals surface area contributed by atoms with Crippen LogP contribution in [-0.2, 0) is 9.59 Å². The van der Waals surface area contributed by atoms with Crippen molar-refractivity contribution in [1.82, 2.24) is 0 Å². The van der Waals surface area contributed by atoms with Gasteiger partial charge in [-0.15, -0.1) is 0 Å². The van der Waals surface area contributed by atoms with Crippen molar-refractivity contribution in [2.24, 2.45) is 23.7 Å². The van der Waals surface area contributed by atoms with Crippen molar-refractivity contribution in [3.63, 3.8) is 0 Å². The van der Waals surface area contributed by atoms with Crippen LogP contribution >= 0.6 is 0 Å². The Balaban J connectivity index is 1.79. The van der Waals surface area contributed by atoms with E-state index in [0.29, 0.717) is 0 Å². The maximum absolute atomic E-state index is 12.7. The van der Waals surface area contributed by atoms with E-state index >= 15 is 0 Å². The summed E-state index contributed by atoms with van der Waals surface area (Å²) in [5.41, 5.74) is -0.539. The van der Waals surface area contributed by atoms with Gasteiger partial charge in [0.15, 0.2) is 0 Å². The van der Waals surface area contributed by atoms with E-state index in [9.17, 15) is 19.2 Å². The van der Waals surface area contributed by atoms with Crippen LogP contribution in [0.4, 0.5) is 5.69 Å². The SMILES string of the molecule is O=C(O)c1cc(C(=O)O)cc(N2C(=O)[C@@H]3[C@@H](C2=O)[C@@H]2C=C[C@@H]3C2)c1. The number of allylic oxidation sites excluding steroid dienone is 2. The molecule has 1 saturated carbocycles.